The van der Waals surface area contributed by atoms with Crippen LogP contribution in [0.4, 0.5) is 0 Å². The molecule has 0 aliphatic carbocycles. The van der Waals surface area contributed by atoms with Gasteiger partial charge in [-0.15, -0.1) is 0 Å². The van der Waals surface area contributed by atoms with Gasteiger partial charge >= 0.3 is 0 Å². The summed E-state index contributed by atoms with van der Waals surface area (Å²) in [5, 5.41) is 8.81. The van der Waals surface area contributed by atoms with Crippen LogP contribution in [0, 0.1) is 0 Å². The second-order valence-corrected chi connectivity index (χ2v) is 6.35. The van der Waals surface area contributed by atoms with Crippen LogP contribution in [0.1, 0.15) is 36.8 Å². The van der Waals surface area contributed by atoms with Crippen molar-refractivity contribution in [1.82, 2.24) is 15.1 Å². The van der Waals surface area contributed by atoms with E-state index in [-0.39, 0.29) is 6.04 Å². The lowest BCUT2D eigenvalue weighted by molar-refractivity contribution is 0.528. The first-order valence-corrected chi connectivity index (χ1v) is 8.42. The van der Waals surface area contributed by atoms with E-state index in [9.17, 15) is 0 Å². The zero-order valence-electron chi connectivity index (χ0n) is 12.7. The van der Waals surface area contributed by atoms with Crippen molar-refractivity contribution in [2.45, 2.75) is 32.7 Å². The summed E-state index contributed by atoms with van der Waals surface area (Å²) in [7, 11) is 2.01. The van der Waals surface area contributed by atoms with Crippen molar-refractivity contribution >= 4 is 27.5 Å². The van der Waals surface area contributed by atoms with Crippen LogP contribution in [0.25, 0.3) is 0 Å². The summed E-state index contributed by atoms with van der Waals surface area (Å²) in [4.78, 5) is 0. The third-order valence-corrected chi connectivity index (χ3v) is 4.81. The zero-order chi connectivity index (χ0) is 15.4. The number of hydrogen-bond donors (Lipinski definition) is 1. The third-order valence-electron chi connectivity index (χ3n) is 3.60. The number of likely N-dealkylation sites (N-methyl/N-ethyl adjacent to an activating group) is 1. The maximum Gasteiger partial charge on any atom is 0.0624 e. The van der Waals surface area contributed by atoms with Crippen LogP contribution in [-0.2, 0) is 19.9 Å². The van der Waals surface area contributed by atoms with Gasteiger partial charge in [-0.2, -0.15) is 5.10 Å². The van der Waals surface area contributed by atoms with Crippen LogP contribution < -0.4 is 5.32 Å². The average molecular weight is 371 g/mol. The van der Waals surface area contributed by atoms with Crippen LogP contribution in [0.3, 0.4) is 0 Å². The number of benzene rings is 1. The van der Waals surface area contributed by atoms with Gasteiger partial charge in [0.2, 0.25) is 0 Å². The van der Waals surface area contributed by atoms with Crippen LogP contribution in [-0.4, -0.2) is 16.3 Å². The molecule has 0 spiro atoms. The highest BCUT2D eigenvalue weighted by atomic mass is 79.9. The van der Waals surface area contributed by atoms with Crippen molar-refractivity contribution in [3.8, 4) is 0 Å². The Morgan fingerprint density at radius 3 is 2.67 bits per heavy atom. The Bertz CT molecular complexity index is 610. The smallest absolute Gasteiger partial charge is 0.0624 e. The van der Waals surface area contributed by atoms with Gasteiger partial charge in [0.1, 0.15) is 0 Å². The van der Waals surface area contributed by atoms with Gasteiger partial charge < -0.3 is 5.32 Å². The van der Waals surface area contributed by atoms with Crippen molar-refractivity contribution in [3.05, 3.63) is 50.7 Å². The van der Waals surface area contributed by atoms with Crippen molar-refractivity contribution < 1.29 is 0 Å². The van der Waals surface area contributed by atoms with Crippen LogP contribution in [0.5, 0.6) is 0 Å². The van der Waals surface area contributed by atoms with E-state index in [4.69, 9.17) is 11.6 Å². The summed E-state index contributed by atoms with van der Waals surface area (Å²) in [5.74, 6) is 0. The molecule has 1 heterocycles. The molecule has 1 aromatic heterocycles. The van der Waals surface area contributed by atoms with Crippen molar-refractivity contribution in [2.24, 2.45) is 7.05 Å². The summed E-state index contributed by atoms with van der Waals surface area (Å²) < 4.78 is 2.91. The molecule has 0 aliphatic rings. The van der Waals surface area contributed by atoms with E-state index in [2.05, 4.69) is 58.4 Å². The number of aryl methyl sites for hydroxylation is 2. The molecule has 2 rings (SSSR count). The second-order valence-electron chi connectivity index (χ2n) is 5.09. The largest absolute Gasteiger partial charge is 0.310 e. The fourth-order valence-corrected chi connectivity index (χ4v) is 2.94. The van der Waals surface area contributed by atoms with Crippen LogP contribution in [0.15, 0.2) is 28.7 Å². The highest BCUT2D eigenvalue weighted by molar-refractivity contribution is 9.10. The Balaban J connectivity index is 2.25. The predicted octanol–water partition coefficient (Wildman–Crippen LogP) is 4.29. The lowest BCUT2D eigenvalue weighted by Crippen LogP contribution is -2.23. The molecule has 0 fully saturated rings. The Morgan fingerprint density at radius 1 is 1.33 bits per heavy atom. The summed E-state index contributed by atoms with van der Waals surface area (Å²) >= 11 is 9.59. The number of aromatic nitrogens is 2. The van der Waals surface area contributed by atoms with Gasteiger partial charge in [-0.3, -0.25) is 4.68 Å². The Hall–Kier alpha value is -0.840. The van der Waals surface area contributed by atoms with Crippen molar-refractivity contribution in [1.29, 1.82) is 0 Å². The van der Waals surface area contributed by atoms with Gasteiger partial charge in [-0.05, 0) is 52.7 Å². The number of rotatable bonds is 6. The summed E-state index contributed by atoms with van der Waals surface area (Å²) in [5.41, 5.74) is 3.61. The maximum atomic E-state index is 6.09. The minimum Gasteiger partial charge on any atom is -0.310 e. The van der Waals surface area contributed by atoms with E-state index in [1.165, 1.54) is 11.3 Å². The molecule has 1 unspecified atom stereocenters. The molecule has 5 heteroatoms. The van der Waals surface area contributed by atoms with E-state index in [1.807, 2.05) is 17.8 Å². The zero-order valence-corrected chi connectivity index (χ0v) is 15.0. The van der Waals surface area contributed by atoms with Gasteiger partial charge in [-0.25, -0.2) is 0 Å². The molecular weight excluding hydrogens is 350 g/mol. The summed E-state index contributed by atoms with van der Waals surface area (Å²) in [6, 6.07) is 8.55. The minimum atomic E-state index is 0.253. The molecule has 1 N–H and O–H groups in total. The maximum absolute atomic E-state index is 6.09. The molecule has 0 saturated carbocycles. The molecule has 1 aromatic carbocycles. The first-order valence-electron chi connectivity index (χ1n) is 7.25. The number of hydrogen-bond acceptors (Lipinski definition) is 2. The fraction of sp³-hybridized carbons (Fsp3) is 0.438. The summed E-state index contributed by atoms with van der Waals surface area (Å²) in [6.07, 6.45) is 1.87. The first-order chi connectivity index (χ1) is 10.0. The van der Waals surface area contributed by atoms with Gasteiger partial charge in [0, 0.05) is 29.7 Å². The third kappa shape index (κ3) is 4.09. The van der Waals surface area contributed by atoms with Gasteiger partial charge in [0.05, 0.1) is 10.7 Å². The van der Waals surface area contributed by atoms with Crippen LogP contribution >= 0.6 is 27.5 Å². The second kappa shape index (κ2) is 7.43. The molecule has 1 atom stereocenters. The topological polar surface area (TPSA) is 29.9 Å². The van der Waals surface area contributed by atoms with Gasteiger partial charge in [0.15, 0.2) is 0 Å². The minimum absolute atomic E-state index is 0.253. The number of halogens is 2. The molecular formula is C16H21BrClN3. The molecule has 21 heavy (non-hydrogen) atoms. The Kier molecular flexibility index (Phi) is 5.85. The molecule has 114 valence electrons. The van der Waals surface area contributed by atoms with E-state index in [1.54, 1.807) is 0 Å². The quantitative estimate of drug-likeness (QED) is 0.822. The van der Waals surface area contributed by atoms with Crippen molar-refractivity contribution in [3.63, 3.8) is 0 Å². The lowest BCUT2D eigenvalue weighted by Gasteiger charge is -2.19. The molecule has 0 amide bonds. The van der Waals surface area contributed by atoms with E-state index < -0.39 is 0 Å². The summed E-state index contributed by atoms with van der Waals surface area (Å²) in [6.45, 7) is 5.17. The standard InChI is InChI=1S/C16H21BrClN3/c1-4-12-9-13(21(3)20-12)10-16(19-5-2)11-6-7-15(18)14(17)8-11/h6-9,16,19H,4-5,10H2,1-3H3. The fourth-order valence-electron chi connectivity index (χ4n) is 2.43. The monoisotopic (exact) mass is 369 g/mol. The normalized spacial score (nSPS) is 12.6. The van der Waals surface area contributed by atoms with Gasteiger partial charge in [0.25, 0.3) is 0 Å². The average Bonchev–Trinajstić information content (AvgIpc) is 2.82. The molecule has 3 nitrogen and oxygen atoms in total. The molecule has 0 bridgehead atoms. The van der Waals surface area contributed by atoms with E-state index in [0.717, 1.165) is 34.6 Å². The number of nitrogens with one attached hydrogen (secondary N) is 1. The molecule has 2 aromatic rings. The number of nitrogens with zero attached hydrogens (tertiary/aromatic N) is 2. The van der Waals surface area contributed by atoms with Crippen LogP contribution in [0.2, 0.25) is 5.02 Å². The highest BCUT2D eigenvalue weighted by Crippen LogP contribution is 2.27. The highest BCUT2D eigenvalue weighted by Gasteiger charge is 2.15. The lowest BCUT2D eigenvalue weighted by atomic mass is 10.0. The van der Waals surface area contributed by atoms with E-state index >= 15 is 0 Å². The van der Waals surface area contributed by atoms with Gasteiger partial charge in [-0.1, -0.05) is 31.5 Å². The predicted molar refractivity (Wildman–Crippen MR) is 91.9 cm³/mol. The van der Waals surface area contributed by atoms with Crippen molar-refractivity contribution in [2.75, 3.05) is 6.54 Å². The SMILES string of the molecule is CCNC(Cc1cc(CC)nn1C)c1ccc(Cl)c(Br)c1. The van der Waals surface area contributed by atoms with E-state index in [0.29, 0.717) is 0 Å². The Morgan fingerprint density at radius 2 is 2.10 bits per heavy atom. The molecule has 0 saturated heterocycles. The molecule has 0 radical (unpaired) electrons. The molecule has 0 aliphatic heterocycles. The Labute approximate surface area is 139 Å². The first kappa shape index (κ1) is 16.5.